The van der Waals surface area contributed by atoms with Gasteiger partial charge in [-0.25, -0.2) is 4.68 Å². The second-order valence-corrected chi connectivity index (χ2v) is 3.91. The molecule has 0 bridgehead atoms. The van der Waals surface area contributed by atoms with E-state index >= 15 is 0 Å². The van der Waals surface area contributed by atoms with E-state index in [1.807, 2.05) is 0 Å². The van der Waals surface area contributed by atoms with Crippen molar-refractivity contribution in [3.05, 3.63) is 35.1 Å². The van der Waals surface area contributed by atoms with E-state index in [4.69, 9.17) is 16.3 Å². The van der Waals surface area contributed by atoms with Gasteiger partial charge in [-0.2, -0.15) is 5.10 Å². The molecule has 1 amide bonds. The van der Waals surface area contributed by atoms with Gasteiger partial charge in [0, 0.05) is 25.5 Å². The SMILES string of the molecule is COc1cc(NC(=O)c2ccncc2Cl)nn1C. The molecule has 0 unspecified atom stereocenters. The van der Waals surface area contributed by atoms with E-state index in [1.165, 1.54) is 30.3 Å². The molecule has 0 fully saturated rings. The Labute approximate surface area is 109 Å². The summed E-state index contributed by atoms with van der Waals surface area (Å²) >= 11 is 5.88. The molecule has 2 aromatic rings. The number of pyridine rings is 1. The molecule has 18 heavy (non-hydrogen) atoms. The van der Waals surface area contributed by atoms with Crippen LogP contribution in [0.5, 0.6) is 5.88 Å². The van der Waals surface area contributed by atoms with Crippen molar-refractivity contribution in [3.8, 4) is 5.88 Å². The third-order valence-corrected chi connectivity index (χ3v) is 2.61. The normalized spacial score (nSPS) is 10.2. The monoisotopic (exact) mass is 266 g/mol. The number of aromatic nitrogens is 3. The number of carbonyl (C=O) groups is 1. The van der Waals surface area contributed by atoms with Gasteiger partial charge in [-0.05, 0) is 6.07 Å². The quantitative estimate of drug-likeness (QED) is 0.919. The predicted octanol–water partition coefficient (Wildman–Crippen LogP) is 1.73. The average molecular weight is 267 g/mol. The van der Waals surface area contributed by atoms with Crippen LogP contribution < -0.4 is 10.1 Å². The summed E-state index contributed by atoms with van der Waals surface area (Å²) in [5.41, 5.74) is 0.344. The molecule has 2 aromatic heterocycles. The molecule has 0 aromatic carbocycles. The zero-order valence-corrected chi connectivity index (χ0v) is 10.6. The van der Waals surface area contributed by atoms with Crippen LogP contribution in [0.4, 0.5) is 5.82 Å². The largest absolute Gasteiger partial charge is 0.481 e. The smallest absolute Gasteiger partial charge is 0.258 e. The van der Waals surface area contributed by atoms with Crippen LogP contribution in [0.25, 0.3) is 0 Å². The lowest BCUT2D eigenvalue weighted by molar-refractivity contribution is 0.102. The van der Waals surface area contributed by atoms with Crippen molar-refractivity contribution in [1.29, 1.82) is 0 Å². The van der Waals surface area contributed by atoms with Gasteiger partial charge in [0.25, 0.3) is 5.91 Å². The first-order chi connectivity index (χ1) is 8.61. The molecule has 0 aliphatic heterocycles. The number of ether oxygens (including phenoxy) is 1. The predicted molar refractivity (Wildman–Crippen MR) is 67.0 cm³/mol. The van der Waals surface area contributed by atoms with Crippen molar-refractivity contribution < 1.29 is 9.53 Å². The lowest BCUT2D eigenvalue weighted by atomic mass is 10.2. The summed E-state index contributed by atoms with van der Waals surface area (Å²) in [6, 6.07) is 3.16. The molecule has 1 N–H and O–H groups in total. The zero-order chi connectivity index (χ0) is 13.1. The van der Waals surface area contributed by atoms with Gasteiger partial charge in [0.05, 0.1) is 17.7 Å². The molecule has 94 valence electrons. The number of aryl methyl sites for hydroxylation is 1. The maximum atomic E-state index is 11.9. The van der Waals surface area contributed by atoms with Crippen LogP contribution in [0.15, 0.2) is 24.5 Å². The van der Waals surface area contributed by atoms with Crippen molar-refractivity contribution in [2.45, 2.75) is 0 Å². The molecule has 2 heterocycles. The summed E-state index contributed by atoms with van der Waals surface area (Å²) in [5, 5.41) is 7.00. The van der Waals surface area contributed by atoms with Crippen LogP contribution in [0, 0.1) is 0 Å². The van der Waals surface area contributed by atoms with Gasteiger partial charge in [-0.1, -0.05) is 11.6 Å². The van der Waals surface area contributed by atoms with Crippen molar-refractivity contribution in [3.63, 3.8) is 0 Å². The summed E-state index contributed by atoms with van der Waals surface area (Å²) in [7, 11) is 3.25. The number of amides is 1. The van der Waals surface area contributed by atoms with Crippen molar-refractivity contribution in [2.24, 2.45) is 7.05 Å². The fraction of sp³-hybridized carbons (Fsp3) is 0.182. The van der Waals surface area contributed by atoms with Crippen molar-refractivity contribution >= 4 is 23.3 Å². The second kappa shape index (κ2) is 5.05. The average Bonchev–Trinajstić information content (AvgIpc) is 2.69. The van der Waals surface area contributed by atoms with E-state index in [9.17, 15) is 4.79 Å². The first-order valence-electron chi connectivity index (χ1n) is 5.10. The Balaban J connectivity index is 2.19. The minimum atomic E-state index is -0.344. The molecule has 0 saturated heterocycles. The fourth-order valence-corrected chi connectivity index (χ4v) is 1.65. The highest BCUT2D eigenvalue weighted by molar-refractivity contribution is 6.34. The fourth-order valence-electron chi connectivity index (χ4n) is 1.45. The zero-order valence-electron chi connectivity index (χ0n) is 9.85. The van der Waals surface area contributed by atoms with Crippen LogP contribution in [0.3, 0.4) is 0 Å². The molecular weight excluding hydrogens is 256 g/mol. The second-order valence-electron chi connectivity index (χ2n) is 3.51. The van der Waals surface area contributed by atoms with Crippen molar-refractivity contribution in [2.75, 3.05) is 12.4 Å². The number of hydrogen-bond acceptors (Lipinski definition) is 4. The lowest BCUT2D eigenvalue weighted by Gasteiger charge is -2.02. The van der Waals surface area contributed by atoms with Gasteiger partial charge in [0.1, 0.15) is 0 Å². The Hall–Kier alpha value is -2.08. The van der Waals surface area contributed by atoms with E-state index in [2.05, 4.69) is 15.4 Å². The van der Waals surface area contributed by atoms with Gasteiger partial charge < -0.3 is 10.1 Å². The standard InChI is InChI=1S/C11H11ClN4O2/c1-16-10(18-2)5-9(15-16)14-11(17)7-3-4-13-6-8(7)12/h3-6H,1-2H3,(H,14,15,17). The van der Waals surface area contributed by atoms with Gasteiger partial charge in [0.2, 0.25) is 5.88 Å². The van der Waals surface area contributed by atoms with E-state index in [-0.39, 0.29) is 10.9 Å². The Morgan fingerprint density at radius 3 is 2.94 bits per heavy atom. The summed E-state index contributed by atoms with van der Waals surface area (Å²) < 4.78 is 6.57. The number of hydrogen-bond donors (Lipinski definition) is 1. The number of anilines is 1. The molecule has 7 heteroatoms. The Morgan fingerprint density at radius 1 is 1.56 bits per heavy atom. The molecule has 2 rings (SSSR count). The van der Waals surface area contributed by atoms with E-state index in [0.29, 0.717) is 17.3 Å². The minimum Gasteiger partial charge on any atom is -0.481 e. The summed E-state index contributed by atoms with van der Waals surface area (Å²) in [4.78, 5) is 15.7. The first-order valence-corrected chi connectivity index (χ1v) is 5.48. The highest BCUT2D eigenvalue weighted by Crippen LogP contribution is 2.18. The van der Waals surface area contributed by atoms with Crippen molar-refractivity contribution in [1.82, 2.24) is 14.8 Å². The van der Waals surface area contributed by atoms with E-state index in [0.717, 1.165) is 0 Å². The Morgan fingerprint density at radius 2 is 2.33 bits per heavy atom. The number of nitrogens with zero attached hydrogens (tertiary/aromatic N) is 3. The summed E-state index contributed by atoms with van der Waals surface area (Å²) in [6.45, 7) is 0. The van der Waals surface area contributed by atoms with Crippen LogP contribution >= 0.6 is 11.6 Å². The number of methoxy groups -OCH3 is 1. The maximum Gasteiger partial charge on any atom is 0.258 e. The highest BCUT2D eigenvalue weighted by atomic mass is 35.5. The lowest BCUT2D eigenvalue weighted by Crippen LogP contribution is -2.13. The number of carbonyl (C=O) groups excluding carboxylic acids is 1. The third kappa shape index (κ3) is 2.43. The Kier molecular flexibility index (Phi) is 3.47. The molecule has 6 nitrogen and oxygen atoms in total. The van der Waals surface area contributed by atoms with E-state index in [1.54, 1.807) is 13.1 Å². The number of halogens is 1. The first kappa shape index (κ1) is 12.4. The highest BCUT2D eigenvalue weighted by Gasteiger charge is 2.13. The van der Waals surface area contributed by atoms with Crippen LogP contribution in [0.1, 0.15) is 10.4 Å². The topological polar surface area (TPSA) is 69.0 Å². The summed E-state index contributed by atoms with van der Waals surface area (Å²) in [5.74, 6) is 0.599. The molecule has 0 aliphatic carbocycles. The van der Waals surface area contributed by atoms with Crippen LogP contribution in [0.2, 0.25) is 5.02 Å². The van der Waals surface area contributed by atoms with Gasteiger partial charge in [-0.3, -0.25) is 9.78 Å². The molecule has 0 spiro atoms. The third-order valence-electron chi connectivity index (χ3n) is 2.30. The molecular formula is C11H11ClN4O2. The number of nitrogens with one attached hydrogen (secondary N) is 1. The minimum absolute atomic E-state index is 0.290. The van der Waals surface area contributed by atoms with E-state index < -0.39 is 0 Å². The molecule has 0 atom stereocenters. The summed E-state index contributed by atoms with van der Waals surface area (Å²) in [6.07, 6.45) is 2.91. The number of rotatable bonds is 3. The molecule has 0 saturated carbocycles. The molecule has 0 aliphatic rings. The van der Waals surface area contributed by atoms with Gasteiger partial charge in [-0.15, -0.1) is 0 Å². The molecule has 0 radical (unpaired) electrons. The van der Waals surface area contributed by atoms with Crippen LogP contribution in [-0.4, -0.2) is 27.8 Å². The van der Waals surface area contributed by atoms with Gasteiger partial charge >= 0.3 is 0 Å². The van der Waals surface area contributed by atoms with Gasteiger partial charge in [0.15, 0.2) is 5.82 Å². The Bertz CT molecular complexity index is 582. The maximum absolute atomic E-state index is 11.9. The van der Waals surface area contributed by atoms with Crippen LogP contribution in [-0.2, 0) is 7.05 Å².